The molecular formula is C18H22ClN3O5. The van der Waals surface area contributed by atoms with E-state index in [4.69, 9.17) is 20.8 Å². The molecule has 1 atom stereocenters. The third-order valence-corrected chi connectivity index (χ3v) is 4.42. The predicted octanol–water partition coefficient (Wildman–Crippen LogP) is 3.63. The highest BCUT2D eigenvalue weighted by Crippen LogP contribution is 2.30. The summed E-state index contributed by atoms with van der Waals surface area (Å²) in [5.41, 5.74) is 0.0115. The van der Waals surface area contributed by atoms with Gasteiger partial charge in [-0.3, -0.25) is 0 Å². The van der Waals surface area contributed by atoms with Crippen molar-refractivity contribution >= 4 is 40.8 Å². The number of halogens is 1. The first kappa shape index (κ1) is 19.3. The van der Waals surface area contributed by atoms with Crippen LogP contribution in [0.3, 0.4) is 0 Å². The van der Waals surface area contributed by atoms with Gasteiger partial charge in [-0.2, -0.15) is 4.98 Å². The lowest BCUT2D eigenvalue weighted by atomic mass is 10.2. The van der Waals surface area contributed by atoms with Crippen LogP contribution in [0.25, 0.3) is 11.1 Å². The van der Waals surface area contributed by atoms with E-state index in [0.717, 1.165) is 0 Å². The summed E-state index contributed by atoms with van der Waals surface area (Å²) in [6.07, 6.45) is -0.355. The van der Waals surface area contributed by atoms with Crippen LogP contribution >= 0.6 is 11.6 Å². The van der Waals surface area contributed by atoms with Crippen molar-refractivity contribution in [2.24, 2.45) is 0 Å². The number of oxazole rings is 1. The van der Waals surface area contributed by atoms with Crippen LogP contribution in [0.5, 0.6) is 0 Å². The number of hydrogen-bond acceptors (Lipinski definition) is 6. The number of carbonyl (C=O) groups is 2. The minimum Gasteiger partial charge on any atom is -0.478 e. The summed E-state index contributed by atoms with van der Waals surface area (Å²) < 4.78 is 11.2. The van der Waals surface area contributed by atoms with E-state index in [2.05, 4.69) is 4.98 Å². The molecule has 1 aliphatic rings. The topological polar surface area (TPSA) is 96.1 Å². The van der Waals surface area contributed by atoms with E-state index in [1.54, 1.807) is 11.0 Å². The monoisotopic (exact) mass is 395 g/mol. The van der Waals surface area contributed by atoms with Crippen LogP contribution in [-0.4, -0.2) is 58.3 Å². The molecule has 1 amide bonds. The molecule has 27 heavy (non-hydrogen) atoms. The summed E-state index contributed by atoms with van der Waals surface area (Å²) in [4.78, 5) is 31.6. The van der Waals surface area contributed by atoms with E-state index in [0.29, 0.717) is 31.2 Å². The summed E-state index contributed by atoms with van der Waals surface area (Å²) in [6.45, 7) is 8.81. The number of ether oxygens (including phenoxy) is 1. The number of amides is 1. The molecule has 146 valence electrons. The third-order valence-electron chi connectivity index (χ3n) is 4.20. The quantitative estimate of drug-likeness (QED) is 0.829. The number of fused-ring (bicyclic) bond motifs is 1. The van der Waals surface area contributed by atoms with E-state index >= 15 is 0 Å². The molecule has 9 heteroatoms. The Hall–Kier alpha value is -2.48. The summed E-state index contributed by atoms with van der Waals surface area (Å²) in [5.74, 6) is -1.12. The van der Waals surface area contributed by atoms with E-state index in [9.17, 15) is 14.7 Å². The van der Waals surface area contributed by atoms with Gasteiger partial charge in [-0.05, 0) is 33.8 Å². The van der Waals surface area contributed by atoms with Gasteiger partial charge in [-0.25, -0.2) is 9.59 Å². The molecule has 2 aromatic rings. The Labute approximate surface area is 161 Å². The van der Waals surface area contributed by atoms with Crippen LogP contribution in [0.15, 0.2) is 16.5 Å². The highest BCUT2D eigenvalue weighted by Gasteiger charge is 2.32. The van der Waals surface area contributed by atoms with Crippen LogP contribution in [0.4, 0.5) is 10.8 Å². The van der Waals surface area contributed by atoms with Gasteiger partial charge in [0.25, 0.3) is 6.01 Å². The second-order valence-corrected chi connectivity index (χ2v) is 8.01. The van der Waals surface area contributed by atoms with Crippen molar-refractivity contribution < 1.29 is 23.8 Å². The minimum absolute atomic E-state index is 0.00690. The highest BCUT2D eigenvalue weighted by molar-refractivity contribution is 6.31. The fourth-order valence-electron chi connectivity index (χ4n) is 3.00. The molecule has 1 unspecified atom stereocenters. The maximum absolute atomic E-state index is 12.3. The number of hydrogen-bond donors (Lipinski definition) is 1. The van der Waals surface area contributed by atoms with Gasteiger partial charge in [0.1, 0.15) is 11.1 Å². The van der Waals surface area contributed by atoms with Crippen molar-refractivity contribution in [3.05, 3.63) is 22.7 Å². The summed E-state index contributed by atoms with van der Waals surface area (Å²) in [5, 5.41) is 9.62. The molecule has 3 rings (SSSR count). The van der Waals surface area contributed by atoms with Crippen molar-refractivity contribution in [1.29, 1.82) is 0 Å². The van der Waals surface area contributed by atoms with E-state index in [-0.39, 0.29) is 28.2 Å². The molecule has 1 fully saturated rings. The second kappa shape index (κ2) is 6.92. The molecular weight excluding hydrogens is 374 g/mol. The zero-order valence-corrected chi connectivity index (χ0v) is 16.4. The maximum Gasteiger partial charge on any atom is 0.410 e. The first-order valence-corrected chi connectivity index (χ1v) is 9.01. The molecule has 0 saturated carbocycles. The zero-order chi connectivity index (χ0) is 19.9. The van der Waals surface area contributed by atoms with Gasteiger partial charge in [0.05, 0.1) is 5.56 Å². The zero-order valence-electron chi connectivity index (χ0n) is 15.7. The maximum atomic E-state index is 12.3. The summed E-state index contributed by atoms with van der Waals surface area (Å²) in [7, 11) is 0. The highest BCUT2D eigenvalue weighted by atomic mass is 35.5. The van der Waals surface area contributed by atoms with Gasteiger partial charge in [0.2, 0.25) is 0 Å². The molecule has 1 aromatic heterocycles. The van der Waals surface area contributed by atoms with Crippen LogP contribution in [-0.2, 0) is 4.74 Å². The first-order valence-electron chi connectivity index (χ1n) is 8.63. The van der Waals surface area contributed by atoms with Gasteiger partial charge in [-0.15, -0.1) is 0 Å². The number of aromatic carboxylic acids is 1. The van der Waals surface area contributed by atoms with Gasteiger partial charge in [-0.1, -0.05) is 11.6 Å². The lowest BCUT2D eigenvalue weighted by Crippen LogP contribution is -2.54. The molecule has 0 spiro atoms. The SMILES string of the molecule is CC1CN(C(=O)OC(C)(C)C)CCN1c1nc2c(C(=O)O)cc(Cl)cc2o1. The molecule has 1 N–H and O–H groups in total. The Balaban J connectivity index is 1.81. The molecule has 2 heterocycles. The normalized spacial score (nSPS) is 18.0. The molecule has 0 aliphatic carbocycles. The number of anilines is 1. The van der Waals surface area contributed by atoms with Gasteiger partial charge in [0.15, 0.2) is 5.58 Å². The lowest BCUT2D eigenvalue weighted by Gasteiger charge is -2.39. The molecule has 0 bridgehead atoms. The van der Waals surface area contributed by atoms with Crippen molar-refractivity contribution in [1.82, 2.24) is 9.88 Å². The van der Waals surface area contributed by atoms with Crippen molar-refractivity contribution in [2.75, 3.05) is 24.5 Å². The fraction of sp³-hybridized carbons (Fsp3) is 0.500. The van der Waals surface area contributed by atoms with Crippen LogP contribution in [0.2, 0.25) is 5.02 Å². The number of carbonyl (C=O) groups excluding carboxylic acids is 1. The van der Waals surface area contributed by atoms with Crippen molar-refractivity contribution in [2.45, 2.75) is 39.3 Å². The third kappa shape index (κ3) is 4.10. The predicted molar refractivity (Wildman–Crippen MR) is 101 cm³/mol. The Bertz CT molecular complexity index is 889. The second-order valence-electron chi connectivity index (χ2n) is 7.57. The van der Waals surface area contributed by atoms with Gasteiger partial charge < -0.3 is 24.1 Å². The number of carboxylic acids is 1. The van der Waals surface area contributed by atoms with Gasteiger partial charge in [0, 0.05) is 36.8 Å². The Morgan fingerprint density at radius 1 is 1.33 bits per heavy atom. The largest absolute Gasteiger partial charge is 0.478 e. The molecule has 8 nitrogen and oxygen atoms in total. The Morgan fingerprint density at radius 2 is 2.04 bits per heavy atom. The van der Waals surface area contributed by atoms with Crippen molar-refractivity contribution in [3.8, 4) is 0 Å². The Kier molecular flexibility index (Phi) is 4.94. The molecule has 0 radical (unpaired) electrons. The van der Waals surface area contributed by atoms with Crippen LogP contribution < -0.4 is 4.90 Å². The smallest absolute Gasteiger partial charge is 0.410 e. The molecule has 1 aromatic carbocycles. The molecule has 1 aliphatic heterocycles. The number of nitrogens with zero attached hydrogens (tertiary/aromatic N) is 3. The van der Waals surface area contributed by atoms with Crippen molar-refractivity contribution in [3.63, 3.8) is 0 Å². The van der Waals surface area contributed by atoms with Crippen LogP contribution in [0.1, 0.15) is 38.1 Å². The number of benzene rings is 1. The standard InChI is InChI=1S/C18H22ClN3O5/c1-10-9-21(17(25)27-18(2,3)4)5-6-22(10)16-20-14-12(15(23)24)7-11(19)8-13(14)26-16/h7-8,10H,5-6,9H2,1-4H3,(H,23,24). The Morgan fingerprint density at radius 3 is 2.63 bits per heavy atom. The lowest BCUT2D eigenvalue weighted by molar-refractivity contribution is 0.0216. The van der Waals surface area contributed by atoms with Gasteiger partial charge >= 0.3 is 12.1 Å². The first-order chi connectivity index (χ1) is 12.5. The summed E-state index contributed by atoms with van der Waals surface area (Å²) >= 11 is 5.98. The average molecular weight is 396 g/mol. The van der Waals surface area contributed by atoms with E-state index in [1.165, 1.54) is 6.07 Å². The number of aromatic nitrogens is 1. The van der Waals surface area contributed by atoms with E-state index < -0.39 is 11.6 Å². The average Bonchev–Trinajstić information content (AvgIpc) is 2.95. The van der Waals surface area contributed by atoms with Crippen LogP contribution in [0, 0.1) is 0 Å². The van der Waals surface area contributed by atoms with E-state index in [1.807, 2.05) is 32.6 Å². The number of piperazine rings is 1. The minimum atomic E-state index is -1.12. The summed E-state index contributed by atoms with van der Waals surface area (Å²) in [6, 6.07) is 3.12. The number of carboxylic acid groups (broad SMARTS) is 1. The fourth-order valence-corrected chi connectivity index (χ4v) is 3.21. The molecule has 1 saturated heterocycles. The number of rotatable bonds is 2.